The molecule has 0 unspecified atom stereocenters. The second-order valence-electron chi connectivity index (χ2n) is 4.51. The molecule has 0 aliphatic heterocycles. The number of likely N-dealkylation sites (N-methyl/N-ethyl adjacent to an activating group) is 1. The molecule has 0 radical (unpaired) electrons. The molecule has 0 aliphatic rings. The van der Waals surface area contributed by atoms with Crippen LogP contribution in [0.3, 0.4) is 0 Å². The molecule has 2 N–H and O–H groups in total. The number of nitrogens with two attached hydrogens (primary N) is 1. The summed E-state index contributed by atoms with van der Waals surface area (Å²) in [5, 5.41) is 2.04. The molecule has 4 nitrogen and oxygen atoms in total. The van der Waals surface area contributed by atoms with Crippen molar-refractivity contribution in [2.75, 3.05) is 26.4 Å². The molecule has 1 aromatic heterocycles. The molecule has 2 rings (SSSR count). The fraction of sp³-hybridized carbons (Fsp3) is 0.267. The summed E-state index contributed by atoms with van der Waals surface area (Å²) in [6.07, 6.45) is 0.857. The predicted octanol–water partition coefficient (Wildman–Crippen LogP) is 2.65. The van der Waals surface area contributed by atoms with E-state index in [-0.39, 0.29) is 5.91 Å². The number of methoxy groups -OCH3 is 1. The van der Waals surface area contributed by atoms with Gasteiger partial charge in [-0.2, -0.15) is 0 Å². The molecule has 2 aromatic rings. The van der Waals surface area contributed by atoms with Crippen molar-refractivity contribution in [1.82, 2.24) is 4.90 Å². The fourth-order valence-electron chi connectivity index (χ4n) is 1.90. The Morgan fingerprint density at radius 3 is 2.80 bits per heavy atom. The van der Waals surface area contributed by atoms with Gasteiger partial charge in [0.15, 0.2) is 0 Å². The normalized spacial score (nSPS) is 10.3. The van der Waals surface area contributed by atoms with Crippen molar-refractivity contribution in [3.05, 3.63) is 46.2 Å². The van der Waals surface area contributed by atoms with Gasteiger partial charge in [0.05, 0.1) is 12.7 Å². The summed E-state index contributed by atoms with van der Waals surface area (Å²) in [5.41, 5.74) is 6.86. The lowest BCUT2D eigenvalue weighted by atomic mass is 10.1. The van der Waals surface area contributed by atoms with Crippen molar-refractivity contribution in [2.24, 2.45) is 0 Å². The molecular weight excluding hydrogens is 272 g/mol. The van der Waals surface area contributed by atoms with E-state index in [1.807, 2.05) is 11.4 Å². The summed E-state index contributed by atoms with van der Waals surface area (Å²) in [6, 6.07) is 9.21. The first-order chi connectivity index (χ1) is 9.61. The molecule has 0 bridgehead atoms. The minimum atomic E-state index is -0.0679. The van der Waals surface area contributed by atoms with Gasteiger partial charge >= 0.3 is 0 Å². The van der Waals surface area contributed by atoms with Gasteiger partial charge in [0, 0.05) is 30.2 Å². The number of nitrogens with zero attached hydrogens (tertiary/aromatic N) is 1. The average molecular weight is 290 g/mol. The number of rotatable bonds is 5. The average Bonchev–Trinajstić information content (AvgIpc) is 2.97. The van der Waals surface area contributed by atoms with Crippen molar-refractivity contribution < 1.29 is 9.53 Å². The molecule has 0 atom stereocenters. The Bertz CT molecular complexity index is 582. The van der Waals surface area contributed by atoms with E-state index in [0.717, 1.165) is 6.42 Å². The second kappa shape index (κ2) is 6.43. The zero-order valence-corrected chi connectivity index (χ0v) is 12.4. The van der Waals surface area contributed by atoms with Gasteiger partial charge in [-0.05, 0) is 30.0 Å². The molecule has 20 heavy (non-hydrogen) atoms. The first-order valence-electron chi connectivity index (χ1n) is 6.33. The second-order valence-corrected chi connectivity index (χ2v) is 5.54. The van der Waals surface area contributed by atoms with Crippen molar-refractivity contribution in [1.29, 1.82) is 0 Å². The van der Waals surface area contributed by atoms with Gasteiger partial charge in [0.2, 0.25) is 0 Å². The molecule has 0 fully saturated rings. The summed E-state index contributed by atoms with van der Waals surface area (Å²) < 4.78 is 5.08. The van der Waals surface area contributed by atoms with E-state index in [0.29, 0.717) is 23.5 Å². The maximum atomic E-state index is 12.3. The molecule has 1 amide bonds. The first kappa shape index (κ1) is 14.4. The van der Waals surface area contributed by atoms with E-state index in [9.17, 15) is 4.79 Å². The number of hydrogen-bond acceptors (Lipinski definition) is 4. The lowest BCUT2D eigenvalue weighted by Gasteiger charge is -2.18. The van der Waals surface area contributed by atoms with Crippen LogP contribution in [0.25, 0.3) is 0 Å². The van der Waals surface area contributed by atoms with E-state index in [1.165, 1.54) is 4.88 Å². The molecule has 1 aromatic carbocycles. The maximum absolute atomic E-state index is 12.3. The van der Waals surface area contributed by atoms with Crippen molar-refractivity contribution >= 4 is 22.9 Å². The number of ether oxygens (including phenoxy) is 1. The van der Waals surface area contributed by atoms with Crippen LogP contribution in [0.1, 0.15) is 15.2 Å². The Morgan fingerprint density at radius 1 is 1.40 bits per heavy atom. The summed E-state index contributed by atoms with van der Waals surface area (Å²) in [6.45, 7) is 0.671. The van der Waals surface area contributed by atoms with Crippen molar-refractivity contribution in [3.63, 3.8) is 0 Å². The van der Waals surface area contributed by atoms with Crippen LogP contribution in [0, 0.1) is 0 Å². The third-order valence-electron chi connectivity index (χ3n) is 3.11. The van der Waals surface area contributed by atoms with E-state index >= 15 is 0 Å². The van der Waals surface area contributed by atoms with Crippen LogP contribution in [0.5, 0.6) is 5.75 Å². The topological polar surface area (TPSA) is 55.6 Å². The van der Waals surface area contributed by atoms with Crippen LogP contribution >= 0.6 is 11.3 Å². The molecular formula is C15H18N2O2S. The molecule has 0 saturated carbocycles. The van der Waals surface area contributed by atoms with Crippen LogP contribution in [-0.2, 0) is 6.42 Å². The fourth-order valence-corrected chi connectivity index (χ4v) is 2.60. The highest BCUT2D eigenvalue weighted by Crippen LogP contribution is 2.21. The van der Waals surface area contributed by atoms with Crippen LogP contribution in [0.15, 0.2) is 35.7 Å². The van der Waals surface area contributed by atoms with Crippen LogP contribution in [-0.4, -0.2) is 31.5 Å². The minimum Gasteiger partial charge on any atom is -0.497 e. The van der Waals surface area contributed by atoms with Crippen LogP contribution in [0.4, 0.5) is 5.69 Å². The molecule has 106 valence electrons. The van der Waals surface area contributed by atoms with E-state index < -0.39 is 0 Å². The summed E-state index contributed by atoms with van der Waals surface area (Å²) in [7, 11) is 3.36. The van der Waals surface area contributed by atoms with Gasteiger partial charge in [-0.15, -0.1) is 11.3 Å². The quantitative estimate of drug-likeness (QED) is 0.861. The Balaban J connectivity index is 2.02. The number of amides is 1. The Morgan fingerprint density at radius 2 is 2.20 bits per heavy atom. The van der Waals surface area contributed by atoms with E-state index in [2.05, 4.69) is 6.07 Å². The number of carbonyl (C=O) groups excluding carboxylic acids is 1. The van der Waals surface area contributed by atoms with Gasteiger partial charge < -0.3 is 15.4 Å². The molecule has 0 aliphatic carbocycles. The Kier molecular flexibility index (Phi) is 4.63. The largest absolute Gasteiger partial charge is 0.497 e. The number of hydrogen-bond donors (Lipinski definition) is 1. The summed E-state index contributed by atoms with van der Waals surface area (Å²) >= 11 is 1.70. The molecule has 0 spiro atoms. The number of nitrogen functional groups attached to an aromatic ring is 1. The van der Waals surface area contributed by atoms with Gasteiger partial charge in [-0.1, -0.05) is 6.07 Å². The number of carbonyl (C=O) groups is 1. The number of thiophene rings is 1. The highest BCUT2D eigenvalue weighted by molar-refractivity contribution is 7.09. The Labute approximate surface area is 122 Å². The van der Waals surface area contributed by atoms with Crippen LogP contribution < -0.4 is 10.5 Å². The maximum Gasteiger partial charge on any atom is 0.255 e. The highest BCUT2D eigenvalue weighted by atomic mass is 32.1. The lowest BCUT2D eigenvalue weighted by molar-refractivity contribution is 0.0798. The van der Waals surface area contributed by atoms with Gasteiger partial charge in [0.25, 0.3) is 5.91 Å². The van der Waals surface area contributed by atoms with Crippen molar-refractivity contribution in [2.45, 2.75) is 6.42 Å². The summed E-state index contributed by atoms with van der Waals surface area (Å²) in [5.74, 6) is 0.585. The third kappa shape index (κ3) is 3.30. The number of anilines is 1. The van der Waals surface area contributed by atoms with Crippen LogP contribution in [0.2, 0.25) is 0 Å². The minimum absolute atomic E-state index is 0.0679. The zero-order chi connectivity index (χ0) is 14.5. The van der Waals surface area contributed by atoms with Gasteiger partial charge in [0.1, 0.15) is 5.75 Å². The molecule has 1 heterocycles. The highest BCUT2D eigenvalue weighted by Gasteiger charge is 2.15. The smallest absolute Gasteiger partial charge is 0.255 e. The number of benzene rings is 1. The predicted molar refractivity (Wildman–Crippen MR) is 82.4 cm³/mol. The lowest BCUT2D eigenvalue weighted by Crippen LogP contribution is -2.29. The zero-order valence-electron chi connectivity index (χ0n) is 11.6. The van der Waals surface area contributed by atoms with E-state index in [4.69, 9.17) is 10.5 Å². The van der Waals surface area contributed by atoms with Crippen molar-refractivity contribution in [3.8, 4) is 5.75 Å². The first-order valence-corrected chi connectivity index (χ1v) is 7.21. The van der Waals surface area contributed by atoms with Gasteiger partial charge in [-0.25, -0.2) is 0 Å². The van der Waals surface area contributed by atoms with Gasteiger partial charge in [-0.3, -0.25) is 4.79 Å². The molecule has 5 heteroatoms. The monoisotopic (exact) mass is 290 g/mol. The molecule has 0 saturated heterocycles. The van der Waals surface area contributed by atoms with E-state index in [1.54, 1.807) is 48.6 Å². The third-order valence-corrected chi connectivity index (χ3v) is 4.05. The Hall–Kier alpha value is -2.01. The summed E-state index contributed by atoms with van der Waals surface area (Å²) in [4.78, 5) is 15.3. The SMILES string of the molecule is COc1ccc(C(=O)N(C)CCc2cccs2)c(N)c1. The standard InChI is InChI=1S/C15H18N2O2S/c1-17(8-7-12-4-3-9-20-12)15(18)13-6-5-11(19-2)10-14(13)16/h3-6,9-10H,7-8,16H2,1-2H3.